The number of hydrogen-bond acceptors (Lipinski definition) is 4. The highest BCUT2D eigenvalue weighted by Gasteiger charge is 2.33. The minimum atomic E-state index is -4.42. The normalized spacial score (nSPS) is 15.6. The Hall–Kier alpha value is -2.54. The van der Waals surface area contributed by atoms with Crippen LogP contribution in [0.2, 0.25) is 0 Å². The van der Waals surface area contributed by atoms with E-state index in [-0.39, 0.29) is 5.69 Å². The zero-order valence-corrected chi connectivity index (χ0v) is 13.5. The predicted molar refractivity (Wildman–Crippen MR) is 92.1 cm³/mol. The fourth-order valence-corrected chi connectivity index (χ4v) is 2.60. The molecule has 1 aliphatic rings. The maximum Gasteiger partial charge on any atom is 0.418 e. The van der Waals surface area contributed by atoms with Crippen LogP contribution in [-0.4, -0.2) is 32.5 Å². The molecular formula is C18H18F3N3O. The fraction of sp³-hybridized carbons (Fsp3) is 0.278. The number of halogens is 3. The predicted octanol–water partition coefficient (Wildman–Crippen LogP) is 3.99. The lowest BCUT2D eigenvalue weighted by Gasteiger charge is -2.28. The summed E-state index contributed by atoms with van der Waals surface area (Å²) in [5.74, 6) is 0. The molecule has 1 heterocycles. The Balaban J connectivity index is 1.65. The molecular weight excluding hydrogens is 331 g/mol. The number of nitrogens with one attached hydrogen (secondary N) is 1. The first-order valence-electron chi connectivity index (χ1n) is 7.92. The number of para-hydroxylation sites is 1. The third-order valence-electron chi connectivity index (χ3n) is 3.90. The van der Waals surface area contributed by atoms with E-state index in [1.165, 1.54) is 24.4 Å². The van der Waals surface area contributed by atoms with E-state index in [0.717, 1.165) is 30.4 Å². The second-order valence-corrected chi connectivity index (χ2v) is 5.60. The van der Waals surface area contributed by atoms with Crippen LogP contribution in [-0.2, 0) is 10.9 Å². The van der Waals surface area contributed by atoms with Crippen LogP contribution >= 0.6 is 0 Å². The number of hydrogen-bond donors (Lipinski definition) is 1. The van der Waals surface area contributed by atoms with Gasteiger partial charge in [0.2, 0.25) is 0 Å². The van der Waals surface area contributed by atoms with E-state index < -0.39 is 11.7 Å². The van der Waals surface area contributed by atoms with Crippen molar-refractivity contribution in [1.82, 2.24) is 0 Å². The largest absolute Gasteiger partial charge is 0.418 e. The van der Waals surface area contributed by atoms with E-state index in [2.05, 4.69) is 15.4 Å². The number of benzene rings is 2. The fourth-order valence-electron chi connectivity index (χ4n) is 2.60. The Labute approximate surface area is 143 Å². The van der Waals surface area contributed by atoms with Crippen LogP contribution in [0.4, 0.5) is 24.5 Å². The van der Waals surface area contributed by atoms with E-state index in [4.69, 9.17) is 4.74 Å². The van der Waals surface area contributed by atoms with Crippen LogP contribution in [0.25, 0.3) is 0 Å². The smallest absolute Gasteiger partial charge is 0.378 e. The molecule has 1 fully saturated rings. The summed E-state index contributed by atoms with van der Waals surface area (Å²) >= 11 is 0. The first-order chi connectivity index (χ1) is 12.0. The van der Waals surface area contributed by atoms with Gasteiger partial charge < -0.3 is 9.64 Å². The molecule has 2 aromatic rings. The Morgan fingerprint density at radius 2 is 1.68 bits per heavy atom. The van der Waals surface area contributed by atoms with Gasteiger partial charge in [0.25, 0.3) is 0 Å². The van der Waals surface area contributed by atoms with Crippen LogP contribution < -0.4 is 10.3 Å². The Kier molecular flexibility index (Phi) is 5.23. The lowest BCUT2D eigenvalue weighted by atomic mass is 10.2. The average molecular weight is 349 g/mol. The Morgan fingerprint density at radius 1 is 1.00 bits per heavy atom. The number of ether oxygens (including phenoxy) is 1. The summed E-state index contributed by atoms with van der Waals surface area (Å²) in [5, 5.41) is 3.92. The summed E-state index contributed by atoms with van der Waals surface area (Å²) in [6, 6.07) is 13.0. The highest BCUT2D eigenvalue weighted by atomic mass is 19.4. The molecule has 0 spiro atoms. The summed E-state index contributed by atoms with van der Waals surface area (Å²) in [5.41, 5.74) is 3.55. The van der Waals surface area contributed by atoms with E-state index in [9.17, 15) is 13.2 Å². The van der Waals surface area contributed by atoms with Gasteiger partial charge in [-0.3, -0.25) is 5.43 Å². The molecule has 0 radical (unpaired) electrons. The molecule has 4 nitrogen and oxygen atoms in total. The summed E-state index contributed by atoms with van der Waals surface area (Å²) in [7, 11) is 0. The number of anilines is 2. The molecule has 0 aromatic heterocycles. The van der Waals surface area contributed by atoms with Gasteiger partial charge in [-0.15, -0.1) is 0 Å². The van der Waals surface area contributed by atoms with Crippen molar-refractivity contribution in [1.29, 1.82) is 0 Å². The lowest BCUT2D eigenvalue weighted by molar-refractivity contribution is -0.136. The van der Waals surface area contributed by atoms with Gasteiger partial charge in [-0.2, -0.15) is 18.3 Å². The molecule has 2 aromatic carbocycles. The van der Waals surface area contributed by atoms with Gasteiger partial charge in [-0.1, -0.05) is 24.3 Å². The Morgan fingerprint density at radius 3 is 2.36 bits per heavy atom. The van der Waals surface area contributed by atoms with Gasteiger partial charge in [0, 0.05) is 18.8 Å². The van der Waals surface area contributed by atoms with Crippen molar-refractivity contribution in [2.24, 2.45) is 5.10 Å². The van der Waals surface area contributed by atoms with E-state index in [0.29, 0.717) is 13.2 Å². The number of nitrogens with zero attached hydrogens (tertiary/aromatic N) is 2. The van der Waals surface area contributed by atoms with Crippen molar-refractivity contribution < 1.29 is 17.9 Å². The second kappa shape index (κ2) is 7.57. The zero-order chi connectivity index (χ0) is 17.7. The topological polar surface area (TPSA) is 36.9 Å². The minimum absolute atomic E-state index is 0.0730. The molecule has 0 aliphatic carbocycles. The van der Waals surface area contributed by atoms with Crippen LogP contribution in [0.3, 0.4) is 0 Å². The minimum Gasteiger partial charge on any atom is -0.378 e. The van der Waals surface area contributed by atoms with Gasteiger partial charge in [0.05, 0.1) is 30.7 Å². The highest BCUT2D eigenvalue weighted by Crippen LogP contribution is 2.34. The van der Waals surface area contributed by atoms with Gasteiger partial charge in [-0.25, -0.2) is 0 Å². The number of hydrazone groups is 1. The van der Waals surface area contributed by atoms with E-state index in [1.54, 1.807) is 0 Å². The van der Waals surface area contributed by atoms with Gasteiger partial charge >= 0.3 is 6.18 Å². The number of alkyl halides is 3. The van der Waals surface area contributed by atoms with Crippen molar-refractivity contribution in [3.63, 3.8) is 0 Å². The molecule has 7 heteroatoms. The van der Waals surface area contributed by atoms with Crippen molar-refractivity contribution in [3.8, 4) is 0 Å². The molecule has 1 aliphatic heterocycles. The van der Waals surface area contributed by atoms with Crippen LogP contribution in [0, 0.1) is 0 Å². The molecule has 3 rings (SSSR count). The molecule has 0 saturated carbocycles. The maximum absolute atomic E-state index is 12.9. The molecule has 25 heavy (non-hydrogen) atoms. The van der Waals surface area contributed by atoms with Crippen LogP contribution in [0.1, 0.15) is 11.1 Å². The van der Waals surface area contributed by atoms with Crippen molar-refractivity contribution >= 4 is 17.6 Å². The van der Waals surface area contributed by atoms with Crippen LogP contribution in [0.15, 0.2) is 53.6 Å². The quantitative estimate of drug-likeness (QED) is 0.670. The summed E-state index contributed by atoms with van der Waals surface area (Å²) in [6.45, 7) is 3.13. The molecule has 0 amide bonds. The summed E-state index contributed by atoms with van der Waals surface area (Å²) < 4.78 is 44.1. The SMILES string of the molecule is FC(F)(F)c1ccccc1N/N=C\c1ccc(N2CCOCC2)cc1. The molecule has 132 valence electrons. The average Bonchev–Trinajstić information content (AvgIpc) is 2.63. The zero-order valence-electron chi connectivity index (χ0n) is 13.5. The third-order valence-corrected chi connectivity index (χ3v) is 3.90. The Bertz CT molecular complexity index is 723. The summed E-state index contributed by atoms with van der Waals surface area (Å²) in [6.07, 6.45) is -2.92. The van der Waals surface area contributed by atoms with E-state index >= 15 is 0 Å². The number of rotatable bonds is 4. The molecule has 1 saturated heterocycles. The van der Waals surface area contributed by atoms with Crippen molar-refractivity contribution in [3.05, 3.63) is 59.7 Å². The van der Waals surface area contributed by atoms with Crippen molar-refractivity contribution in [2.45, 2.75) is 6.18 Å². The molecule has 0 bridgehead atoms. The van der Waals surface area contributed by atoms with Gasteiger partial charge in [-0.05, 0) is 29.8 Å². The van der Waals surface area contributed by atoms with E-state index in [1.807, 2.05) is 24.3 Å². The van der Waals surface area contributed by atoms with Crippen molar-refractivity contribution in [2.75, 3.05) is 36.6 Å². The second-order valence-electron chi connectivity index (χ2n) is 5.60. The first kappa shape index (κ1) is 17.3. The van der Waals surface area contributed by atoms with Gasteiger partial charge in [0.1, 0.15) is 0 Å². The van der Waals surface area contributed by atoms with Crippen LogP contribution in [0.5, 0.6) is 0 Å². The number of morpholine rings is 1. The highest BCUT2D eigenvalue weighted by molar-refractivity contribution is 5.81. The lowest BCUT2D eigenvalue weighted by Crippen LogP contribution is -2.36. The molecule has 1 N–H and O–H groups in total. The third kappa shape index (κ3) is 4.51. The maximum atomic E-state index is 12.9. The summed E-state index contributed by atoms with van der Waals surface area (Å²) in [4.78, 5) is 2.22. The monoisotopic (exact) mass is 349 g/mol. The first-order valence-corrected chi connectivity index (χ1v) is 7.92. The standard InChI is InChI=1S/C18H18F3N3O/c19-18(20,21)16-3-1-2-4-17(16)23-22-13-14-5-7-15(8-6-14)24-9-11-25-12-10-24/h1-8,13,23H,9-12H2/b22-13-. The molecule has 0 unspecified atom stereocenters. The molecule has 0 atom stereocenters. The van der Waals surface area contributed by atoms with Gasteiger partial charge in [0.15, 0.2) is 0 Å².